The molecule has 122 valence electrons. The molecule has 0 saturated carbocycles. The van der Waals surface area contributed by atoms with Crippen molar-refractivity contribution in [1.82, 2.24) is 4.73 Å². The van der Waals surface area contributed by atoms with Gasteiger partial charge < -0.3 is 14.7 Å². The number of benzene rings is 2. The Labute approximate surface area is 143 Å². The first-order chi connectivity index (χ1) is 11.6. The Hall–Kier alpha value is -2.86. The van der Waals surface area contributed by atoms with Crippen molar-refractivity contribution in [2.24, 2.45) is 0 Å². The molecule has 0 radical (unpaired) electrons. The Bertz CT molecular complexity index is 874. The molecule has 0 aliphatic carbocycles. The Morgan fingerprint density at radius 2 is 1.62 bits per heavy atom. The number of aromatic nitrogens is 1. The van der Waals surface area contributed by atoms with Crippen LogP contribution in [0, 0.1) is 6.92 Å². The highest BCUT2D eigenvalue weighted by Crippen LogP contribution is 2.25. The molecule has 0 spiro atoms. The lowest BCUT2D eigenvalue weighted by atomic mass is 10.2. The zero-order valence-electron chi connectivity index (χ0n) is 13.0. The van der Waals surface area contributed by atoms with E-state index >= 15 is 0 Å². The second-order valence-electron chi connectivity index (χ2n) is 5.16. The van der Waals surface area contributed by atoms with Crippen LogP contribution in [0.1, 0.15) is 5.56 Å². The Kier molecular flexibility index (Phi) is 4.77. The summed E-state index contributed by atoms with van der Waals surface area (Å²) in [6.45, 7) is 2.03. The van der Waals surface area contributed by atoms with Gasteiger partial charge in [0.2, 0.25) is 0 Å². The number of pyridine rings is 1. The van der Waals surface area contributed by atoms with Crippen molar-refractivity contribution >= 4 is 17.6 Å². The summed E-state index contributed by atoms with van der Waals surface area (Å²) in [6, 6.07) is 18.5. The van der Waals surface area contributed by atoms with E-state index in [1.165, 1.54) is 23.7 Å². The molecule has 0 amide bonds. The Morgan fingerprint density at radius 1 is 1.00 bits per heavy atom. The van der Waals surface area contributed by atoms with Gasteiger partial charge in [-0.2, -0.15) is 4.73 Å². The van der Waals surface area contributed by atoms with Gasteiger partial charge in [0.15, 0.2) is 0 Å². The maximum Gasteiger partial charge on any atom is 0.306 e. The first kappa shape index (κ1) is 16.0. The van der Waals surface area contributed by atoms with Gasteiger partial charge in [-0.25, -0.2) is 0 Å². The highest BCUT2D eigenvalue weighted by atomic mass is 32.2. The van der Waals surface area contributed by atoms with Gasteiger partial charge in [0.1, 0.15) is 17.2 Å². The average Bonchev–Trinajstić information content (AvgIpc) is 2.59. The van der Waals surface area contributed by atoms with Crippen molar-refractivity contribution in [3.05, 3.63) is 82.8 Å². The maximum atomic E-state index is 11.7. The Balaban J connectivity index is 1.63. The van der Waals surface area contributed by atoms with E-state index in [1.807, 2.05) is 55.5 Å². The summed E-state index contributed by atoms with van der Waals surface area (Å²) >= 11 is 1.28. The minimum absolute atomic E-state index is 0.310. The third-order valence-electron chi connectivity index (χ3n) is 3.29. The molecule has 2 aromatic carbocycles. The van der Waals surface area contributed by atoms with E-state index in [4.69, 9.17) is 4.74 Å². The number of nitrogens with one attached hydrogen (secondary N) is 1. The first-order valence-corrected chi connectivity index (χ1v) is 8.12. The summed E-state index contributed by atoms with van der Waals surface area (Å²) in [5.41, 5.74) is 0.998. The van der Waals surface area contributed by atoms with Crippen molar-refractivity contribution < 1.29 is 9.94 Å². The third kappa shape index (κ3) is 3.91. The topological polar surface area (TPSA) is 63.5 Å². The minimum Gasteiger partial charge on any atom is -0.457 e. The highest BCUT2D eigenvalue weighted by molar-refractivity contribution is 8.00. The van der Waals surface area contributed by atoms with Gasteiger partial charge in [0.25, 0.3) is 0 Å². The molecule has 6 heteroatoms. The molecule has 1 aromatic heterocycles. The van der Waals surface area contributed by atoms with Gasteiger partial charge in [-0.1, -0.05) is 17.7 Å². The van der Waals surface area contributed by atoms with E-state index in [1.54, 1.807) is 12.1 Å². The number of anilines is 1. The van der Waals surface area contributed by atoms with Gasteiger partial charge in [0, 0.05) is 11.1 Å². The fourth-order valence-corrected chi connectivity index (χ4v) is 2.65. The van der Waals surface area contributed by atoms with Crippen LogP contribution < -0.4 is 15.0 Å². The quantitative estimate of drug-likeness (QED) is 0.535. The van der Waals surface area contributed by atoms with Gasteiger partial charge in [-0.15, -0.1) is 0 Å². The molecule has 0 unspecified atom stereocenters. The molecule has 0 fully saturated rings. The molecule has 3 rings (SSSR count). The van der Waals surface area contributed by atoms with Gasteiger partial charge in [-0.05, 0) is 67.4 Å². The SMILES string of the molecule is Cc1ccc(Oc2ccc(SNc3cccn(O)c3=O)cc2)cc1. The van der Waals surface area contributed by atoms with Crippen LogP contribution in [0.5, 0.6) is 11.5 Å². The standard InChI is InChI=1S/C18H16N2O3S/c1-13-4-6-14(7-5-13)23-15-8-10-16(11-9-15)24-19-17-3-2-12-20(22)18(17)21/h2-12,19,22H,1H3. The molecule has 0 saturated heterocycles. The van der Waals surface area contributed by atoms with Gasteiger partial charge in [-0.3, -0.25) is 4.79 Å². The van der Waals surface area contributed by atoms with Gasteiger partial charge in [0.05, 0.1) is 0 Å². The molecule has 24 heavy (non-hydrogen) atoms. The van der Waals surface area contributed by atoms with E-state index < -0.39 is 5.56 Å². The van der Waals surface area contributed by atoms with E-state index in [0.717, 1.165) is 16.4 Å². The number of aryl methyl sites for hydroxylation is 1. The van der Waals surface area contributed by atoms with Crippen molar-refractivity contribution in [1.29, 1.82) is 0 Å². The van der Waals surface area contributed by atoms with Crippen LogP contribution in [0.3, 0.4) is 0 Å². The molecule has 3 aromatic rings. The summed E-state index contributed by atoms with van der Waals surface area (Å²) in [5.74, 6) is 1.52. The van der Waals surface area contributed by atoms with Crippen LogP contribution in [0.4, 0.5) is 5.69 Å². The lowest BCUT2D eigenvalue weighted by Gasteiger charge is -2.08. The highest BCUT2D eigenvalue weighted by Gasteiger charge is 2.03. The monoisotopic (exact) mass is 340 g/mol. The van der Waals surface area contributed by atoms with E-state index in [-0.39, 0.29) is 0 Å². The van der Waals surface area contributed by atoms with E-state index in [9.17, 15) is 10.0 Å². The molecule has 0 aliphatic heterocycles. The zero-order valence-corrected chi connectivity index (χ0v) is 13.8. The van der Waals surface area contributed by atoms with E-state index in [2.05, 4.69) is 4.72 Å². The van der Waals surface area contributed by atoms with Crippen LogP contribution in [0.2, 0.25) is 0 Å². The molecular weight excluding hydrogens is 324 g/mol. The lowest BCUT2D eigenvalue weighted by molar-refractivity contribution is 0.175. The summed E-state index contributed by atoms with van der Waals surface area (Å²) < 4.78 is 9.24. The normalized spacial score (nSPS) is 10.4. The fourth-order valence-electron chi connectivity index (χ4n) is 1.99. The lowest BCUT2D eigenvalue weighted by Crippen LogP contribution is -2.18. The van der Waals surface area contributed by atoms with Crippen molar-refractivity contribution in [3.63, 3.8) is 0 Å². The minimum atomic E-state index is -0.496. The zero-order chi connectivity index (χ0) is 16.9. The fraction of sp³-hybridized carbons (Fsp3) is 0.0556. The molecule has 5 nitrogen and oxygen atoms in total. The first-order valence-electron chi connectivity index (χ1n) is 7.30. The molecule has 1 heterocycles. The smallest absolute Gasteiger partial charge is 0.306 e. The van der Waals surface area contributed by atoms with E-state index in [0.29, 0.717) is 10.4 Å². The van der Waals surface area contributed by atoms with Gasteiger partial charge >= 0.3 is 5.56 Å². The molecule has 0 aliphatic rings. The third-order valence-corrected chi connectivity index (χ3v) is 4.12. The number of nitrogens with zero attached hydrogens (tertiary/aromatic N) is 1. The maximum absolute atomic E-state index is 11.7. The summed E-state index contributed by atoms with van der Waals surface area (Å²) in [6.07, 6.45) is 1.29. The van der Waals surface area contributed by atoms with Crippen LogP contribution in [0.15, 0.2) is 76.6 Å². The van der Waals surface area contributed by atoms with Crippen molar-refractivity contribution in [2.75, 3.05) is 4.72 Å². The number of rotatable bonds is 5. The largest absolute Gasteiger partial charge is 0.457 e. The molecule has 0 bridgehead atoms. The van der Waals surface area contributed by atoms with Crippen LogP contribution in [-0.2, 0) is 0 Å². The van der Waals surface area contributed by atoms with Crippen molar-refractivity contribution in [2.45, 2.75) is 11.8 Å². The van der Waals surface area contributed by atoms with Crippen LogP contribution in [-0.4, -0.2) is 9.94 Å². The molecule has 0 atom stereocenters. The van der Waals surface area contributed by atoms with Crippen LogP contribution in [0.25, 0.3) is 0 Å². The second kappa shape index (κ2) is 7.14. The summed E-state index contributed by atoms with van der Waals surface area (Å²) in [7, 11) is 0. The molecular formula is C18H16N2O3S. The predicted molar refractivity (Wildman–Crippen MR) is 95.1 cm³/mol. The summed E-state index contributed by atoms with van der Waals surface area (Å²) in [4.78, 5) is 12.6. The second-order valence-corrected chi connectivity index (χ2v) is 6.04. The van der Waals surface area contributed by atoms with Crippen molar-refractivity contribution in [3.8, 4) is 11.5 Å². The average molecular weight is 340 g/mol. The Morgan fingerprint density at radius 3 is 2.29 bits per heavy atom. The molecule has 2 N–H and O–H groups in total. The number of hydrogen-bond donors (Lipinski definition) is 2. The van der Waals surface area contributed by atoms with Crippen LogP contribution >= 0.6 is 11.9 Å². The number of ether oxygens (including phenoxy) is 1. The predicted octanol–water partition coefficient (Wildman–Crippen LogP) is 4.31. The number of hydrogen-bond acceptors (Lipinski definition) is 5. The summed E-state index contributed by atoms with van der Waals surface area (Å²) in [5, 5.41) is 9.33.